The van der Waals surface area contributed by atoms with Crippen molar-refractivity contribution in [2.24, 2.45) is 0 Å². The largest absolute Gasteiger partial charge is 0.497 e. The van der Waals surface area contributed by atoms with Crippen LogP contribution in [-0.2, 0) is 19.3 Å². The number of alkyl halides is 3. The summed E-state index contributed by atoms with van der Waals surface area (Å²) in [6.45, 7) is 1.50. The Labute approximate surface area is 346 Å². The van der Waals surface area contributed by atoms with Gasteiger partial charge in [-0.05, 0) is 59.7 Å². The minimum absolute atomic E-state index is 0.00792. The zero-order chi connectivity index (χ0) is 41.9. The first kappa shape index (κ1) is 38.6. The Bertz CT molecular complexity index is 2810. The molecule has 0 spiro atoms. The Morgan fingerprint density at radius 2 is 1.33 bits per heavy atom. The number of methoxy groups -OCH3 is 1. The van der Waals surface area contributed by atoms with Crippen molar-refractivity contribution in [2.45, 2.75) is 19.3 Å². The minimum atomic E-state index is -4.72. The lowest BCUT2D eigenvalue weighted by Gasteiger charge is -2.20. The molecule has 0 saturated heterocycles. The number of halogens is 3. The molecular weight excluding hydrogens is 790 g/mol. The molecule has 4 aromatic heterocycles. The Hall–Kier alpha value is -7.89. The molecule has 0 aliphatic carbocycles. The average Bonchev–Trinajstić information content (AvgIpc) is 3.98. The maximum Gasteiger partial charge on any atom is 0.417 e. The summed E-state index contributed by atoms with van der Waals surface area (Å²) in [5.41, 5.74) is 5.11. The number of hydrogen-bond donors (Lipinski definition) is 3. The van der Waals surface area contributed by atoms with Gasteiger partial charge in [-0.1, -0.05) is 48.5 Å². The highest BCUT2D eigenvalue weighted by Crippen LogP contribution is 2.43. The van der Waals surface area contributed by atoms with Crippen molar-refractivity contribution in [3.05, 3.63) is 126 Å². The van der Waals surface area contributed by atoms with E-state index in [9.17, 15) is 13.2 Å². The van der Waals surface area contributed by atoms with Gasteiger partial charge in [0.1, 0.15) is 19.0 Å². The summed E-state index contributed by atoms with van der Waals surface area (Å²) < 4.78 is 61.7. The maximum atomic E-state index is 15.0. The smallest absolute Gasteiger partial charge is 0.417 e. The van der Waals surface area contributed by atoms with Gasteiger partial charge in [-0.25, -0.2) is 9.97 Å². The summed E-state index contributed by atoms with van der Waals surface area (Å²) in [5.74, 6) is 2.42. The minimum Gasteiger partial charge on any atom is -0.497 e. The Kier molecular flexibility index (Phi) is 10.4. The predicted octanol–water partition coefficient (Wildman–Crippen LogP) is 7.88. The van der Waals surface area contributed by atoms with Crippen molar-refractivity contribution in [1.82, 2.24) is 50.8 Å². The van der Waals surface area contributed by atoms with Crippen LogP contribution in [0.2, 0.25) is 0 Å². The van der Waals surface area contributed by atoms with E-state index in [-0.39, 0.29) is 22.8 Å². The third-order valence-electron chi connectivity index (χ3n) is 9.90. The third-order valence-corrected chi connectivity index (χ3v) is 9.90. The number of rotatable bonds is 12. The number of H-pyrrole nitrogens is 2. The van der Waals surface area contributed by atoms with Crippen molar-refractivity contribution in [3.8, 4) is 73.4 Å². The number of hydrogen-bond acceptors (Lipinski definition) is 13. The average molecular weight is 825 g/mol. The van der Waals surface area contributed by atoms with Gasteiger partial charge in [0.15, 0.2) is 11.5 Å². The summed E-state index contributed by atoms with van der Waals surface area (Å²) in [4.78, 5) is 10.8. The quantitative estimate of drug-likeness (QED) is 0.109. The summed E-state index contributed by atoms with van der Waals surface area (Å²) in [6, 6.07) is 27.9. The number of aromatic amines is 2. The van der Waals surface area contributed by atoms with Crippen LogP contribution in [-0.4, -0.2) is 78.1 Å². The van der Waals surface area contributed by atoms with Crippen molar-refractivity contribution in [1.29, 1.82) is 0 Å². The second-order valence-electron chi connectivity index (χ2n) is 13.9. The van der Waals surface area contributed by atoms with Gasteiger partial charge in [0, 0.05) is 29.3 Å². The molecule has 5 heterocycles. The number of nitrogens with zero attached hydrogens (tertiary/aromatic N) is 9. The molecule has 306 valence electrons. The van der Waals surface area contributed by atoms with Crippen LogP contribution >= 0.6 is 0 Å². The van der Waals surface area contributed by atoms with Crippen LogP contribution in [0.15, 0.2) is 109 Å². The summed E-state index contributed by atoms with van der Waals surface area (Å²) in [6.07, 6.45) is -1.94. The highest BCUT2D eigenvalue weighted by molar-refractivity contribution is 5.79. The normalized spacial score (nSPS) is 12.3. The molecule has 3 N–H and O–H groups in total. The molecular formula is C43H35F3N12O3. The maximum absolute atomic E-state index is 15.0. The highest BCUT2D eigenvalue weighted by atomic mass is 19.4. The lowest BCUT2D eigenvalue weighted by atomic mass is 9.93. The topological polar surface area (TPSA) is 178 Å². The molecule has 0 radical (unpaired) electrons. The van der Waals surface area contributed by atoms with Crippen LogP contribution in [0.5, 0.6) is 17.2 Å². The standard InChI is InChI=1S/C43H35F3N12O3/c1-58(24-29-20-35(55-53-29)27-13-15-30(59-2)16-14-27)42-51-36(22-49-57-42)32-6-3-5-31(39(32)43(44,45)46)25-9-11-26(12-10-25)34-19-28(52-54-34)21-47-41-50-37(23-48-56-41)33-7-4-8-38-40(33)61-18-17-60-38/h3-16,19-20,22-23H,17-18,21,24H2,1-2H3,(H,52,54)(H,53,55)(H,47,50,56). The molecule has 8 aromatic rings. The number of ether oxygens (including phenoxy) is 3. The van der Waals surface area contributed by atoms with E-state index in [0.29, 0.717) is 66.3 Å². The van der Waals surface area contributed by atoms with Crippen LogP contribution < -0.4 is 24.4 Å². The second kappa shape index (κ2) is 16.4. The molecule has 0 fully saturated rings. The Morgan fingerprint density at radius 1 is 0.705 bits per heavy atom. The van der Waals surface area contributed by atoms with E-state index in [4.69, 9.17) is 14.2 Å². The van der Waals surface area contributed by atoms with E-state index in [1.54, 1.807) is 55.6 Å². The van der Waals surface area contributed by atoms with E-state index in [2.05, 4.69) is 56.1 Å². The molecule has 4 aromatic carbocycles. The number of nitrogens with one attached hydrogen (secondary N) is 3. The molecule has 9 rings (SSSR count). The number of anilines is 2. The van der Waals surface area contributed by atoms with Gasteiger partial charge >= 0.3 is 6.18 Å². The van der Waals surface area contributed by atoms with Crippen LogP contribution in [0, 0.1) is 0 Å². The van der Waals surface area contributed by atoms with Gasteiger partial charge in [0.2, 0.25) is 11.9 Å². The third kappa shape index (κ3) is 8.23. The van der Waals surface area contributed by atoms with Crippen LogP contribution in [0.25, 0.3) is 56.2 Å². The van der Waals surface area contributed by atoms with Gasteiger partial charge in [0.25, 0.3) is 0 Å². The van der Waals surface area contributed by atoms with Gasteiger partial charge in [-0.15, -0.1) is 10.2 Å². The molecule has 15 nitrogen and oxygen atoms in total. The zero-order valence-electron chi connectivity index (χ0n) is 32.6. The molecule has 0 amide bonds. The molecule has 18 heteroatoms. The second-order valence-corrected chi connectivity index (χ2v) is 13.9. The summed E-state index contributed by atoms with van der Waals surface area (Å²) in [7, 11) is 3.33. The van der Waals surface area contributed by atoms with Crippen molar-refractivity contribution < 1.29 is 27.4 Å². The fourth-order valence-electron chi connectivity index (χ4n) is 6.95. The zero-order valence-corrected chi connectivity index (χ0v) is 32.6. The first-order valence-corrected chi connectivity index (χ1v) is 19.0. The van der Waals surface area contributed by atoms with Gasteiger partial charge in [-0.2, -0.15) is 33.6 Å². The molecule has 0 bridgehead atoms. The molecule has 0 saturated carbocycles. The Morgan fingerprint density at radius 3 is 2.08 bits per heavy atom. The predicted molar refractivity (Wildman–Crippen MR) is 220 cm³/mol. The van der Waals surface area contributed by atoms with Gasteiger partial charge < -0.3 is 24.4 Å². The fourth-order valence-corrected chi connectivity index (χ4v) is 6.95. The molecule has 0 unspecified atom stereocenters. The van der Waals surface area contributed by atoms with Crippen LogP contribution in [0.3, 0.4) is 0 Å². The van der Waals surface area contributed by atoms with Crippen molar-refractivity contribution >= 4 is 11.9 Å². The molecule has 0 atom stereocenters. The molecule has 1 aliphatic heterocycles. The van der Waals surface area contributed by atoms with E-state index in [0.717, 1.165) is 34.0 Å². The fraction of sp³-hybridized carbons (Fsp3) is 0.163. The number of aromatic nitrogens is 10. The van der Waals surface area contributed by atoms with Gasteiger partial charge in [0.05, 0.1) is 72.3 Å². The molecule has 1 aliphatic rings. The first-order valence-electron chi connectivity index (χ1n) is 19.0. The summed E-state index contributed by atoms with van der Waals surface area (Å²) in [5, 5.41) is 34.4. The lowest BCUT2D eigenvalue weighted by Crippen LogP contribution is -2.20. The van der Waals surface area contributed by atoms with Crippen LogP contribution in [0.1, 0.15) is 17.0 Å². The van der Waals surface area contributed by atoms with Crippen molar-refractivity contribution in [3.63, 3.8) is 0 Å². The van der Waals surface area contributed by atoms with Crippen molar-refractivity contribution in [2.75, 3.05) is 37.6 Å². The Balaban J connectivity index is 0.900. The van der Waals surface area contributed by atoms with E-state index >= 15 is 0 Å². The number of para-hydroxylation sites is 1. The number of benzene rings is 4. The SMILES string of the molecule is COc1ccc(-c2cc(CN(C)c3nncc(-c4cccc(-c5ccc(-c6cc(CNc7nncc(-c8cccc9c8OCCO9)n7)[nH]n6)cc5)c4C(F)(F)F)n3)[nH]n2)cc1. The number of fused-ring (bicyclic) bond motifs is 1. The highest BCUT2D eigenvalue weighted by Gasteiger charge is 2.37. The van der Waals surface area contributed by atoms with E-state index in [1.165, 1.54) is 18.3 Å². The van der Waals surface area contributed by atoms with Crippen LogP contribution in [0.4, 0.5) is 25.1 Å². The molecule has 61 heavy (non-hydrogen) atoms. The van der Waals surface area contributed by atoms with E-state index < -0.39 is 11.7 Å². The lowest BCUT2D eigenvalue weighted by molar-refractivity contribution is -0.136. The first-order chi connectivity index (χ1) is 29.7. The van der Waals surface area contributed by atoms with E-state index in [1.807, 2.05) is 54.6 Å². The van der Waals surface area contributed by atoms with Gasteiger partial charge in [-0.3, -0.25) is 10.2 Å². The monoisotopic (exact) mass is 824 g/mol. The summed E-state index contributed by atoms with van der Waals surface area (Å²) >= 11 is 0.